The average Bonchev–Trinajstić information content (AvgIpc) is 3.62. The predicted molar refractivity (Wildman–Crippen MR) is 185 cm³/mol. The van der Waals surface area contributed by atoms with E-state index < -0.39 is 0 Å². The molecule has 0 aliphatic carbocycles. The van der Waals surface area contributed by atoms with Crippen LogP contribution in [-0.2, 0) is 5.41 Å². The first-order valence-electron chi connectivity index (χ1n) is 15.5. The lowest BCUT2D eigenvalue weighted by Gasteiger charge is -2.42. The van der Waals surface area contributed by atoms with Crippen LogP contribution in [0.5, 0.6) is 0 Å². The second-order valence-corrected chi connectivity index (χ2v) is 12.8. The number of rotatable bonds is 2. The van der Waals surface area contributed by atoms with Gasteiger partial charge in [0, 0.05) is 43.9 Å². The van der Waals surface area contributed by atoms with Crippen LogP contribution in [0.1, 0.15) is 25.0 Å². The number of aromatic nitrogens is 1. The summed E-state index contributed by atoms with van der Waals surface area (Å²) in [7, 11) is 0. The number of fused-ring (bicyclic) bond motifs is 9. The van der Waals surface area contributed by atoms with E-state index in [4.69, 9.17) is 4.42 Å². The first-order valence-corrected chi connectivity index (χ1v) is 15.5. The highest BCUT2D eigenvalue weighted by Crippen LogP contribution is 2.48. The highest BCUT2D eigenvalue weighted by Gasteiger charge is 2.46. The minimum absolute atomic E-state index is 0.132. The van der Waals surface area contributed by atoms with Crippen LogP contribution in [0.15, 0.2) is 138 Å². The van der Waals surface area contributed by atoms with Crippen LogP contribution in [0.25, 0.3) is 60.9 Å². The molecule has 4 heterocycles. The molecule has 2 nitrogen and oxygen atoms in total. The Balaban J connectivity index is 1.38. The summed E-state index contributed by atoms with van der Waals surface area (Å²) in [5.74, 6) is 0.932. The Morgan fingerprint density at radius 1 is 0.614 bits per heavy atom. The second-order valence-electron chi connectivity index (χ2n) is 12.8. The zero-order valence-electron chi connectivity index (χ0n) is 24.6. The van der Waals surface area contributed by atoms with Crippen molar-refractivity contribution in [1.29, 1.82) is 0 Å². The fourth-order valence-corrected chi connectivity index (χ4v) is 8.53. The summed E-state index contributed by atoms with van der Waals surface area (Å²) in [6, 6.07) is 48.7. The number of benzene rings is 6. The van der Waals surface area contributed by atoms with Gasteiger partial charge in [0.25, 0.3) is 0 Å². The topological polar surface area (TPSA) is 18.1 Å². The number of hydrogen-bond acceptors (Lipinski definition) is 1. The Bertz CT molecular complexity index is 2460. The third-order valence-corrected chi connectivity index (χ3v) is 10.2. The van der Waals surface area contributed by atoms with E-state index in [2.05, 4.69) is 152 Å². The van der Waals surface area contributed by atoms with Crippen molar-refractivity contribution in [2.45, 2.75) is 19.3 Å². The number of furan rings is 1. The number of para-hydroxylation sites is 2. The maximum Gasteiger partial charge on any atom is 0.247 e. The Morgan fingerprint density at radius 2 is 1.32 bits per heavy atom. The summed E-state index contributed by atoms with van der Waals surface area (Å²) >= 11 is 0. The molecule has 10 rings (SSSR count). The zero-order chi connectivity index (χ0) is 29.2. The quantitative estimate of drug-likeness (QED) is 0.194. The first-order chi connectivity index (χ1) is 21.6. The zero-order valence-corrected chi connectivity index (χ0v) is 24.6. The van der Waals surface area contributed by atoms with Crippen LogP contribution < -0.4 is 16.4 Å². The van der Waals surface area contributed by atoms with Gasteiger partial charge in [-0.15, -0.1) is 0 Å². The normalized spacial score (nSPS) is 14.3. The van der Waals surface area contributed by atoms with Crippen LogP contribution in [0, 0.1) is 0 Å². The van der Waals surface area contributed by atoms with Crippen LogP contribution in [0.3, 0.4) is 0 Å². The maximum atomic E-state index is 6.84. The van der Waals surface area contributed by atoms with Crippen LogP contribution in [0.4, 0.5) is 0 Å². The molecule has 6 aromatic carbocycles. The highest BCUT2D eigenvalue weighted by molar-refractivity contribution is 6.99. The van der Waals surface area contributed by atoms with Crippen molar-refractivity contribution in [2.24, 2.45) is 0 Å². The first kappa shape index (κ1) is 24.2. The molecule has 0 spiro atoms. The molecule has 0 radical (unpaired) electrons. The van der Waals surface area contributed by atoms with E-state index in [1.807, 2.05) is 0 Å². The molecule has 206 valence electrons. The smallest absolute Gasteiger partial charge is 0.247 e. The molecule has 0 N–H and O–H groups in total. The predicted octanol–water partition coefficient (Wildman–Crippen LogP) is 8.33. The molecule has 0 saturated carbocycles. The van der Waals surface area contributed by atoms with E-state index in [1.165, 1.54) is 71.5 Å². The van der Waals surface area contributed by atoms with Gasteiger partial charge in [0.15, 0.2) is 0 Å². The van der Waals surface area contributed by atoms with Crippen LogP contribution in [0.2, 0.25) is 0 Å². The number of nitrogens with zero attached hydrogens (tertiary/aromatic N) is 1. The standard InChI is InChI=1S/C41H28BNO/c1-41(2)29-19-12-22-33-38(29)42(31-20-11-18-28-27-17-9-10-21-32(27)43(33)39(28)31)30-23-24-34-36(37(30)41)35(25-13-5-3-6-14-25)40(44-34)26-15-7-4-8-16-26/h3-24H,1-2H3. The van der Waals surface area contributed by atoms with Gasteiger partial charge in [-0.3, -0.25) is 0 Å². The van der Waals surface area contributed by atoms with Crippen molar-refractivity contribution in [1.82, 2.24) is 4.57 Å². The molecular formula is C41H28BNO. The lowest BCUT2D eigenvalue weighted by Crippen LogP contribution is -2.63. The molecule has 8 aromatic rings. The van der Waals surface area contributed by atoms with Crippen molar-refractivity contribution < 1.29 is 4.42 Å². The van der Waals surface area contributed by atoms with E-state index in [1.54, 1.807) is 0 Å². The summed E-state index contributed by atoms with van der Waals surface area (Å²) in [6.45, 7) is 4.95. The lowest BCUT2D eigenvalue weighted by atomic mass is 9.30. The van der Waals surface area contributed by atoms with Crippen molar-refractivity contribution >= 4 is 55.9 Å². The molecule has 0 bridgehead atoms. The SMILES string of the molecule is CC1(C)c2cccc3c2B(c2ccc4oc(-c5ccccc5)c(-c5ccccc5)c4c21)c1cccc2c4ccccc4n-3c12. The molecule has 0 fully saturated rings. The summed E-state index contributed by atoms with van der Waals surface area (Å²) in [6.07, 6.45) is 0. The molecule has 0 atom stereocenters. The van der Waals surface area contributed by atoms with E-state index in [0.717, 1.165) is 16.9 Å². The molecule has 0 saturated heterocycles. The van der Waals surface area contributed by atoms with Crippen LogP contribution in [-0.4, -0.2) is 11.3 Å². The van der Waals surface area contributed by atoms with Crippen molar-refractivity contribution in [2.75, 3.05) is 0 Å². The van der Waals surface area contributed by atoms with E-state index in [0.29, 0.717) is 0 Å². The van der Waals surface area contributed by atoms with Gasteiger partial charge in [-0.1, -0.05) is 135 Å². The van der Waals surface area contributed by atoms with E-state index in [-0.39, 0.29) is 12.1 Å². The largest absolute Gasteiger partial charge is 0.455 e. The van der Waals surface area contributed by atoms with E-state index >= 15 is 0 Å². The molecule has 2 aliphatic rings. The summed E-state index contributed by atoms with van der Waals surface area (Å²) in [5.41, 5.74) is 15.0. The fourth-order valence-electron chi connectivity index (χ4n) is 8.53. The molecular weight excluding hydrogens is 533 g/mol. The molecule has 2 aliphatic heterocycles. The highest BCUT2D eigenvalue weighted by atomic mass is 16.3. The van der Waals surface area contributed by atoms with Crippen molar-refractivity contribution in [3.05, 3.63) is 145 Å². The van der Waals surface area contributed by atoms with Gasteiger partial charge in [-0.2, -0.15) is 0 Å². The monoisotopic (exact) mass is 561 g/mol. The third kappa shape index (κ3) is 2.92. The van der Waals surface area contributed by atoms with Crippen molar-refractivity contribution in [3.63, 3.8) is 0 Å². The Kier molecular flexibility index (Phi) is 4.63. The summed E-state index contributed by atoms with van der Waals surface area (Å²) < 4.78 is 9.37. The average molecular weight is 561 g/mol. The lowest BCUT2D eigenvalue weighted by molar-refractivity contribution is 0.628. The van der Waals surface area contributed by atoms with E-state index in [9.17, 15) is 0 Å². The van der Waals surface area contributed by atoms with Gasteiger partial charge in [0.1, 0.15) is 11.3 Å². The molecule has 3 heteroatoms. The van der Waals surface area contributed by atoms with Crippen molar-refractivity contribution in [3.8, 4) is 28.1 Å². The van der Waals surface area contributed by atoms with Gasteiger partial charge in [-0.05, 0) is 45.8 Å². The Morgan fingerprint density at radius 3 is 2.14 bits per heavy atom. The minimum atomic E-state index is -0.258. The Labute approximate surface area is 256 Å². The minimum Gasteiger partial charge on any atom is -0.455 e. The molecule has 0 amide bonds. The second kappa shape index (κ2) is 8.42. The fraction of sp³-hybridized carbons (Fsp3) is 0.0732. The number of hydrogen-bond donors (Lipinski definition) is 0. The Hall–Kier alpha value is -5.28. The van der Waals surface area contributed by atoms with Gasteiger partial charge < -0.3 is 8.98 Å². The summed E-state index contributed by atoms with van der Waals surface area (Å²) in [5, 5.41) is 3.86. The summed E-state index contributed by atoms with van der Waals surface area (Å²) in [4.78, 5) is 0. The third-order valence-electron chi connectivity index (χ3n) is 10.2. The van der Waals surface area contributed by atoms with Gasteiger partial charge in [0.05, 0.1) is 5.52 Å². The maximum absolute atomic E-state index is 6.84. The molecule has 44 heavy (non-hydrogen) atoms. The van der Waals surface area contributed by atoms with Gasteiger partial charge in [-0.25, -0.2) is 0 Å². The molecule has 2 aromatic heterocycles. The molecule has 0 unspecified atom stereocenters. The van der Waals surface area contributed by atoms with Gasteiger partial charge in [0.2, 0.25) is 6.71 Å². The van der Waals surface area contributed by atoms with Crippen LogP contribution >= 0.6 is 0 Å². The van der Waals surface area contributed by atoms with Gasteiger partial charge >= 0.3 is 0 Å².